The molecule has 13 heavy (non-hydrogen) atoms. The van der Waals surface area contributed by atoms with Crippen molar-refractivity contribution < 1.29 is 4.79 Å². The molecular formula is C10H22N2O. The zero-order valence-corrected chi connectivity index (χ0v) is 8.97. The minimum Gasteiger partial charge on any atom is -0.370 e. The van der Waals surface area contributed by atoms with Gasteiger partial charge < -0.3 is 11.5 Å². The van der Waals surface area contributed by atoms with Gasteiger partial charge in [-0.3, -0.25) is 4.79 Å². The Kier molecular flexibility index (Phi) is 4.99. The van der Waals surface area contributed by atoms with Crippen LogP contribution in [0.4, 0.5) is 0 Å². The van der Waals surface area contributed by atoms with Gasteiger partial charge in [0.1, 0.15) is 0 Å². The second-order valence-electron chi connectivity index (χ2n) is 4.65. The molecule has 78 valence electrons. The van der Waals surface area contributed by atoms with E-state index in [2.05, 4.69) is 20.8 Å². The van der Waals surface area contributed by atoms with Crippen molar-refractivity contribution in [3.8, 4) is 0 Å². The third kappa shape index (κ3) is 5.64. The Morgan fingerprint density at radius 2 is 1.85 bits per heavy atom. The molecule has 1 unspecified atom stereocenters. The van der Waals surface area contributed by atoms with Gasteiger partial charge >= 0.3 is 0 Å². The van der Waals surface area contributed by atoms with E-state index < -0.39 is 0 Å². The first kappa shape index (κ1) is 12.4. The Morgan fingerprint density at radius 1 is 1.31 bits per heavy atom. The molecule has 1 amide bonds. The van der Waals surface area contributed by atoms with Crippen LogP contribution in [-0.4, -0.2) is 12.5 Å². The number of nitrogens with two attached hydrogens (primary N) is 2. The smallest absolute Gasteiger partial charge is 0.217 e. The van der Waals surface area contributed by atoms with Crippen molar-refractivity contribution in [1.82, 2.24) is 0 Å². The van der Waals surface area contributed by atoms with Crippen LogP contribution >= 0.6 is 0 Å². The zero-order chi connectivity index (χ0) is 10.5. The fraction of sp³-hybridized carbons (Fsp3) is 0.900. The van der Waals surface area contributed by atoms with Crippen molar-refractivity contribution >= 4 is 5.91 Å². The topological polar surface area (TPSA) is 69.1 Å². The van der Waals surface area contributed by atoms with E-state index in [9.17, 15) is 4.79 Å². The van der Waals surface area contributed by atoms with Crippen LogP contribution in [0.15, 0.2) is 0 Å². The van der Waals surface area contributed by atoms with Gasteiger partial charge in [-0.15, -0.1) is 0 Å². The molecule has 0 fully saturated rings. The number of primary amides is 1. The molecule has 0 saturated heterocycles. The molecule has 0 aliphatic carbocycles. The monoisotopic (exact) mass is 186 g/mol. The maximum Gasteiger partial charge on any atom is 0.217 e. The SMILES string of the molecule is CC(C)(C)C(CCN)CCC(N)=O. The third-order valence-electron chi connectivity index (χ3n) is 2.48. The van der Waals surface area contributed by atoms with Crippen LogP contribution in [0.25, 0.3) is 0 Å². The average molecular weight is 186 g/mol. The van der Waals surface area contributed by atoms with Crippen LogP contribution in [0.2, 0.25) is 0 Å². The Bertz CT molecular complexity index is 161. The number of rotatable bonds is 5. The van der Waals surface area contributed by atoms with Crippen molar-refractivity contribution in [2.24, 2.45) is 22.8 Å². The molecule has 0 aromatic carbocycles. The lowest BCUT2D eigenvalue weighted by Gasteiger charge is -2.30. The Labute approximate surface area is 80.9 Å². The second-order valence-corrected chi connectivity index (χ2v) is 4.65. The van der Waals surface area contributed by atoms with Crippen LogP contribution < -0.4 is 11.5 Å². The minimum absolute atomic E-state index is 0.216. The summed E-state index contributed by atoms with van der Waals surface area (Å²) in [7, 11) is 0. The van der Waals surface area contributed by atoms with E-state index in [1.54, 1.807) is 0 Å². The van der Waals surface area contributed by atoms with Crippen molar-refractivity contribution in [2.45, 2.75) is 40.0 Å². The molecule has 0 aliphatic rings. The van der Waals surface area contributed by atoms with Gasteiger partial charge in [-0.25, -0.2) is 0 Å². The highest BCUT2D eigenvalue weighted by atomic mass is 16.1. The summed E-state index contributed by atoms with van der Waals surface area (Å²) in [6.45, 7) is 7.21. The summed E-state index contributed by atoms with van der Waals surface area (Å²) in [6.07, 6.45) is 2.30. The third-order valence-corrected chi connectivity index (χ3v) is 2.48. The van der Waals surface area contributed by atoms with E-state index in [1.165, 1.54) is 0 Å². The molecule has 0 bridgehead atoms. The predicted molar refractivity (Wildman–Crippen MR) is 55.0 cm³/mol. The highest BCUT2D eigenvalue weighted by molar-refractivity contribution is 5.73. The minimum atomic E-state index is -0.216. The maximum absolute atomic E-state index is 10.6. The normalized spacial score (nSPS) is 14.2. The van der Waals surface area contributed by atoms with E-state index in [0.29, 0.717) is 18.9 Å². The molecule has 0 aliphatic heterocycles. The van der Waals surface area contributed by atoms with Gasteiger partial charge in [0, 0.05) is 6.42 Å². The molecule has 3 heteroatoms. The first-order valence-corrected chi connectivity index (χ1v) is 4.86. The second kappa shape index (κ2) is 5.22. The standard InChI is InChI=1S/C10H22N2O/c1-10(2,3)8(6-7-11)4-5-9(12)13/h8H,4-7,11H2,1-3H3,(H2,12,13). The summed E-state index contributed by atoms with van der Waals surface area (Å²) in [5.41, 5.74) is 10.8. The Hall–Kier alpha value is -0.570. The van der Waals surface area contributed by atoms with Gasteiger partial charge in [-0.1, -0.05) is 20.8 Å². The van der Waals surface area contributed by atoms with Crippen LogP contribution in [0.5, 0.6) is 0 Å². The van der Waals surface area contributed by atoms with E-state index >= 15 is 0 Å². The van der Waals surface area contributed by atoms with Crippen molar-refractivity contribution in [2.75, 3.05) is 6.54 Å². The van der Waals surface area contributed by atoms with E-state index in [4.69, 9.17) is 11.5 Å². The number of hydrogen-bond acceptors (Lipinski definition) is 2. The Balaban J connectivity index is 4.02. The lowest BCUT2D eigenvalue weighted by atomic mass is 9.76. The van der Waals surface area contributed by atoms with E-state index in [-0.39, 0.29) is 11.3 Å². The zero-order valence-electron chi connectivity index (χ0n) is 8.97. The highest BCUT2D eigenvalue weighted by Gasteiger charge is 2.23. The van der Waals surface area contributed by atoms with E-state index in [0.717, 1.165) is 12.8 Å². The van der Waals surface area contributed by atoms with Gasteiger partial charge in [-0.05, 0) is 30.7 Å². The average Bonchev–Trinajstić information content (AvgIpc) is 1.95. The van der Waals surface area contributed by atoms with Crippen molar-refractivity contribution in [1.29, 1.82) is 0 Å². The number of hydrogen-bond donors (Lipinski definition) is 2. The predicted octanol–water partition coefficient (Wildman–Crippen LogP) is 1.26. The summed E-state index contributed by atoms with van der Waals surface area (Å²) < 4.78 is 0. The van der Waals surface area contributed by atoms with Gasteiger partial charge in [0.25, 0.3) is 0 Å². The largest absolute Gasteiger partial charge is 0.370 e. The fourth-order valence-corrected chi connectivity index (χ4v) is 1.53. The van der Waals surface area contributed by atoms with Crippen molar-refractivity contribution in [3.63, 3.8) is 0 Å². The molecule has 0 spiro atoms. The quantitative estimate of drug-likeness (QED) is 0.678. The van der Waals surface area contributed by atoms with Gasteiger partial charge in [-0.2, -0.15) is 0 Å². The molecular weight excluding hydrogens is 164 g/mol. The summed E-state index contributed by atoms with van der Waals surface area (Å²) in [5.74, 6) is 0.274. The fourth-order valence-electron chi connectivity index (χ4n) is 1.53. The Morgan fingerprint density at radius 3 is 2.15 bits per heavy atom. The molecule has 0 saturated carbocycles. The van der Waals surface area contributed by atoms with Gasteiger partial charge in [0.15, 0.2) is 0 Å². The number of amides is 1. The van der Waals surface area contributed by atoms with Gasteiger partial charge in [0.05, 0.1) is 0 Å². The van der Waals surface area contributed by atoms with Crippen LogP contribution in [0, 0.1) is 11.3 Å². The van der Waals surface area contributed by atoms with Crippen LogP contribution in [0.1, 0.15) is 40.0 Å². The summed E-state index contributed by atoms with van der Waals surface area (Å²) >= 11 is 0. The van der Waals surface area contributed by atoms with Gasteiger partial charge in [0.2, 0.25) is 5.91 Å². The lowest BCUT2D eigenvalue weighted by Crippen LogP contribution is -2.25. The number of carbonyl (C=O) groups is 1. The summed E-state index contributed by atoms with van der Waals surface area (Å²) in [6, 6.07) is 0. The first-order valence-electron chi connectivity index (χ1n) is 4.86. The molecule has 0 aromatic rings. The molecule has 0 rings (SSSR count). The van der Waals surface area contributed by atoms with Crippen LogP contribution in [0.3, 0.4) is 0 Å². The first-order chi connectivity index (χ1) is 5.88. The van der Waals surface area contributed by atoms with Crippen molar-refractivity contribution in [3.05, 3.63) is 0 Å². The van der Waals surface area contributed by atoms with E-state index in [1.807, 2.05) is 0 Å². The molecule has 0 aromatic heterocycles. The molecule has 4 N–H and O–H groups in total. The summed E-state index contributed by atoms with van der Waals surface area (Å²) in [4.78, 5) is 10.6. The number of carbonyl (C=O) groups excluding carboxylic acids is 1. The molecule has 1 atom stereocenters. The lowest BCUT2D eigenvalue weighted by molar-refractivity contribution is -0.118. The molecule has 0 heterocycles. The van der Waals surface area contributed by atoms with Crippen LogP contribution in [-0.2, 0) is 4.79 Å². The highest BCUT2D eigenvalue weighted by Crippen LogP contribution is 2.31. The molecule has 0 radical (unpaired) electrons. The molecule has 3 nitrogen and oxygen atoms in total. The maximum atomic E-state index is 10.6. The summed E-state index contributed by atoms with van der Waals surface area (Å²) in [5, 5.41) is 0.